The minimum Gasteiger partial charge on any atom is -0.494 e. The third-order valence-corrected chi connectivity index (χ3v) is 5.85. The van der Waals surface area contributed by atoms with Crippen LogP contribution in [0.4, 0.5) is 10.6 Å². The van der Waals surface area contributed by atoms with E-state index in [1.165, 1.54) is 0 Å². The quantitative estimate of drug-likeness (QED) is 0.645. The van der Waals surface area contributed by atoms with Crippen molar-refractivity contribution >= 4 is 17.4 Å². The van der Waals surface area contributed by atoms with Gasteiger partial charge in [0, 0.05) is 55.1 Å². The molecule has 3 aromatic heterocycles. The van der Waals surface area contributed by atoms with Gasteiger partial charge in [0.1, 0.15) is 22.7 Å². The summed E-state index contributed by atoms with van der Waals surface area (Å²) < 4.78 is 12.8. The van der Waals surface area contributed by atoms with Crippen molar-refractivity contribution in [1.29, 1.82) is 0 Å². The molecule has 0 N–H and O–H groups in total. The van der Waals surface area contributed by atoms with Gasteiger partial charge in [0.15, 0.2) is 0 Å². The molecule has 0 radical (unpaired) electrons. The van der Waals surface area contributed by atoms with E-state index in [4.69, 9.17) is 9.47 Å². The molecule has 0 atom stereocenters. The third kappa shape index (κ3) is 3.56. The summed E-state index contributed by atoms with van der Waals surface area (Å²) in [5.41, 5.74) is 2.66. The zero-order valence-corrected chi connectivity index (χ0v) is 18.3. The number of carbonyl (C=O) groups is 1. The van der Waals surface area contributed by atoms with Crippen LogP contribution in [0.2, 0.25) is 0 Å². The van der Waals surface area contributed by atoms with Gasteiger partial charge in [-0.25, -0.2) is 14.3 Å². The molecule has 1 amide bonds. The molecule has 0 unspecified atom stereocenters. The van der Waals surface area contributed by atoms with E-state index in [2.05, 4.69) is 21.0 Å². The molecule has 0 aromatic carbocycles. The van der Waals surface area contributed by atoms with Crippen molar-refractivity contribution in [1.82, 2.24) is 19.5 Å². The Morgan fingerprint density at radius 1 is 1.10 bits per heavy atom. The second-order valence-electron chi connectivity index (χ2n) is 9.56. The van der Waals surface area contributed by atoms with Gasteiger partial charge < -0.3 is 19.3 Å². The van der Waals surface area contributed by atoms with Crippen molar-refractivity contribution in [2.45, 2.75) is 26.4 Å². The van der Waals surface area contributed by atoms with Crippen LogP contribution in [0.5, 0.6) is 5.75 Å². The molecule has 2 fully saturated rings. The molecule has 8 heteroatoms. The number of aromatic nitrogens is 3. The maximum Gasteiger partial charge on any atom is 0.410 e. The number of rotatable bonds is 3. The third-order valence-electron chi connectivity index (χ3n) is 5.85. The summed E-state index contributed by atoms with van der Waals surface area (Å²) in [6, 6.07) is 8.05. The molecule has 5 rings (SSSR count). The summed E-state index contributed by atoms with van der Waals surface area (Å²) in [4.78, 5) is 20.9. The maximum absolute atomic E-state index is 12.2. The Morgan fingerprint density at radius 3 is 2.52 bits per heavy atom. The first-order valence-corrected chi connectivity index (χ1v) is 10.5. The van der Waals surface area contributed by atoms with Gasteiger partial charge in [-0.1, -0.05) is 0 Å². The van der Waals surface area contributed by atoms with E-state index in [1.54, 1.807) is 18.2 Å². The molecular formula is C23H27N5O3. The highest BCUT2D eigenvalue weighted by atomic mass is 16.6. The average molecular weight is 422 g/mol. The number of carbonyl (C=O) groups excluding carboxylic acids is 1. The van der Waals surface area contributed by atoms with Crippen LogP contribution in [0.1, 0.15) is 20.8 Å². The number of nitrogens with zero attached hydrogens (tertiary/aromatic N) is 5. The van der Waals surface area contributed by atoms with Crippen molar-refractivity contribution in [3.63, 3.8) is 0 Å². The van der Waals surface area contributed by atoms with Crippen LogP contribution < -0.4 is 9.64 Å². The number of ether oxygens (including phenoxy) is 2. The molecule has 5 heterocycles. The first-order chi connectivity index (χ1) is 14.8. The summed E-state index contributed by atoms with van der Waals surface area (Å²) in [5, 5.41) is 4.32. The lowest BCUT2D eigenvalue weighted by Gasteiger charge is -2.60. The highest BCUT2D eigenvalue weighted by Gasteiger charge is 2.54. The zero-order chi connectivity index (χ0) is 21.8. The summed E-state index contributed by atoms with van der Waals surface area (Å²) in [7, 11) is 1.66. The molecule has 0 bridgehead atoms. The summed E-state index contributed by atoms with van der Waals surface area (Å²) in [6.45, 7) is 9.00. The Hall–Kier alpha value is -3.29. The fraction of sp³-hybridized carbons (Fsp3) is 0.435. The highest BCUT2D eigenvalue weighted by Crippen LogP contribution is 2.42. The van der Waals surface area contributed by atoms with Gasteiger partial charge in [-0.3, -0.25) is 0 Å². The maximum atomic E-state index is 12.2. The average Bonchev–Trinajstić information content (AvgIpc) is 3.13. The fourth-order valence-corrected chi connectivity index (χ4v) is 4.41. The minimum atomic E-state index is -0.455. The molecule has 3 aromatic rings. The molecule has 0 saturated carbocycles. The van der Waals surface area contributed by atoms with Gasteiger partial charge in [-0.05, 0) is 45.0 Å². The van der Waals surface area contributed by atoms with Gasteiger partial charge in [-0.15, -0.1) is 0 Å². The van der Waals surface area contributed by atoms with E-state index >= 15 is 0 Å². The SMILES string of the molecule is COc1cc(-c2ccc(N3CC4(CN(C(=O)OC(C)(C)C)C4)C3)nc2)cn2nccc12. The number of methoxy groups -OCH3 is 1. The summed E-state index contributed by atoms with van der Waals surface area (Å²) in [6.07, 6.45) is 5.40. The van der Waals surface area contributed by atoms with Crippen LogP contribution in [0.25, 0.3) is 16.6 Å². The van der Waals surface area contributed by atoms with Crippen molar-refractivity contribution in [3.05, 3.63) is 42.9 Å². The van der Waals surface area contributed by atoms with Crippen molar-refractivity contribution in [2.75, 3.05) is 38.2 Å². The van der Waals surface area contributed by atoms with Gasteiger partial charge in [0.05, 0.1) is 13.3 Å². The fourth-order valence-electron chi connectivity index (χ4n) is 4.41. The van der Waals surface area contributed by atoms with E-state index in [9.17, 15) is 4.79 Å². The van der Waals surface area contributed by atoms with Crippen LogP contribution in [-0.4, -0.2) is 64.5 Å². The second-order valence-corrected chi connectivity index (χ2v) is 9.56. The standard InChI is InChI=1S/C23H27N5O3/c1-22(2,3)31-21(29)27-14-23(15-27)12-26(13-23)20-6-5-16(10-24-20)17-9-19(30-4)18-7-8-25-28(18)11-17/h5-11H,12-15H2,1-4H3. The Balaban J connectivity index is 1.22. The Bertz CT molecular complexity index is 1120. The van der Waals surface area contributed by atoms with Gasteiger partial charge in [0.25, 0.3) is 0 Å². The summed E-state index contributed by atoms with van der Waals surface area (Å²) in [5.74, 6) is 1.74. The zero-order valence-electron chi connectivity index (χ0n) is 18.3. The molecule has 1 spiro atoms. The van der Waals surface area contributed by atoms with E-state index in [1.807, 2.05) is 55.9 Å². The number of hydrogen-bond acceptors (Lipinski definition) is 6. The second kappa shape index (κ2) is 6.87. The number of hydrogen-bond donors (Lipinski definition) is 0. The minimum absolute atomic E-state index is 0.176. The van der Waals surface area contributed by atoms with Gasteiger partial charge in [0.2, 0.25) is 0 Å². The van der Waals surface area contributed by atoms with E-state index in [-0.39, 0.29) is 11.5 Å². The van der Waals surface area contributed by atoms with Gasteiger partial charge in [-0.2, -0.15) is 5.10 Å². The number of fused-ring (bicyclic) bond motifs is 1. The molecule has 0 aliphatic carbocycles. The van der Waals surface area contributed by atoms with Crippen LogP contribution in [0.3, 0.4) is 0 Å². The molecule has 2 aliphatic rings. The topological polar surface area (TPSA) is 72.2 Å². The van der Waals surface area contributed by atoms with Crippen LogP contribution in [0, 0.1) is 5.41 Å². The number of amides is 1. The number of pyridine rings is 2. The van der Waals surface area contributed by atoms with Crippen molar-refractivity contribution < 1.29 is 14.3 Å². The van der Waals surface area contributed by atoms with Crippen LogP contribution in [-0.2, 0) is 4.74 Å². The van der Waals surface area contributed by atoms with E-state index < -0.39 is 5.60 Å². The Kier molecular flexibility index (Phi) is 4.35. The first kappa shape index (κ1) is 19.7. The van der Waals surface area contributed by atoms with Gasteiger partial charge >= 0.3 is 6.09 Å². The van der Waals surface area contributed by atoms with Crippen LogP contribution >= 0.6 is 0 Å². The van der Waals surface area contributed by atoms with Crippen molar-refractivity contribution in [2.24, 2.45) is 5.41 Å². The number of likely N-dealkylation sites (tertiary alicyclic amines) is 1. The predicted molar refractivity (Wildman–Crippen MR) is 117 cm³/mol. The van der Waals surface area contributed by atoms with E-state index in [0.717, 1.165) is 54.4 Å². The van der Waals surface area contributed by atoms with Crippen LogP contribution in [0.15, 0.2) is 42.9 Å². The Labute approximate surface area is 181 Å². The first-order valence-electron chi connectivity index (χ1n) is 10.5. The smallest absolute Gasteiger partial charge is 0.410 e. The predicted octanol–water partition coefficient (Wildman–Crippen LogP) is 3.46. The molecule has 8 nitrogen and oxygen atoms in total. The Morgan fingerprint density at radius 2 is 1.87 bits per heavy atom. The molecule has 2 aliphatic heterocycles. The highest BCUT2D eigenvalue weighted by molar-refractivity contribution is 5.72. The largest absolute Gasteiger partial charge is 0.494 e. The lowest BCUT2D eigenvalue weighted by molar-refractivity contribution is -0.0454. The molecule has 2 saturated heterocycles. The molecule has 162 valence electrons. The van der Waals surface area contributed by atoms with Crippen molar-refractivity contribution in [3.8, 4) is 16.9 Å². The number of anilines is 1. The molecular weight excluding hydrogens is 394 g/mol. The molecule has 31 heavy (non-hydrogen) atoms. The summed E-state index contributed by atoms with van der Waals surface area (Å²) >= 11 is 0. The monoisotopic (exact) mass is 421 g/mol. The lowest BCUT2D eigenvalue weighted by Crippen LogP contribution is -2.73. The van der Waals surface area contributed by atoms with E-state index in [0.29, 0.717) is 0 Å². The normalized spacial score (nSPS) is 17.4. The lowest BCUT2D eigenvalue weighted by atomic mass is 9.73.